The summed E-state index contributed by atoms with van der Waals surface area (Å²) in [6.45, 7) is 3.66. The van der Waals surface area contributed by atoms with Crippen LogP contribution >= 0.6 is 11.6 Å². The summed E-state index contributed by atoms with van der Waals surface area (Å²) in [6.07, 6.45) is 1.63. The molecule has 4 aromatic rings. The first-order valence-electron chi connectivity index (χ1n) is 14.8. The van der Waals surface area contributed by atoms with Crippen LogP contribution in [0, 0.1) is 12.7 Å². The molecule has 0 bridgehead atoms. The molecule has 3 aromatic heterocycles. The van der Waals surface area contributed by atoms with E-state index in [1.165, 1.54) is 23.8 Å². The first-order valence-corrected chi connectivity index (χ1v) is 13.6. The van der Waals surface area contributed by atoms with E-state index in [-0.39, 0.29) is 51.5 Å². The van der Waals surface area contributed by atoms with Gasteiger partial charge in [-0.15, -0.1) is 0 Å². The van der Waals surface area contributed by atoms with Gasteiger partial charge in [-0.3, -0.25) is 19.1 Å². The average molecular weight is 580 g/mol. The van der Waals surface area contributed by atoms with Crippen LogP contribution in [0.5, 0.6) is 5.75 Å². The molecule has 0 radical (unpaired) electrons. The van der Waals surface area contributed by atoms with Crippen LogP contribution in [0.3, 0.4) is 0 Å². The maximum atomic E-state index is 15.4. The Labute approximate surface area is 245 Å². The molecule has 11 heteroatoms. The molecule has 6 rings (SSSR count). The van der Waals surface area contributed by atoms with Gasteiger partial charge in [0.05, 0.1) is 40.5 Å². The van der Waals surface area contributed by atoms with Gasteiger partial charge < -0.3 is 19.9 Å². The zero-order valence-corrected chi connectivity index (χ0v) is 23.7. The van der Waals surface area contributed by atoms with Gasteiger partial charge in [0, 0.05) is 42.3 Å². The van der Waals surface area contributed by atoms with Crippen molar-refractivity contribution in [3.8, 4) is 22.7 Å². The fourth-order valence-corrected chi connectivity index (χ4v) is 6.02. The highest BCUT2D eigenvalue weighted by Gasteiger charge is 2.42. The van der Waals surface area contributed by atoms with Crippen molar-refractivity contribution in [3.05, 3.63) is 69.0 Å². The lowest BCUT2D eigenvalue weighted by Gasteiger charge is -2.44. The van der Waals surface area contributed by atoms with E-state index < -0.39 is 30.3 Å². The number of anilines is 2. The van der Waals surface area contributed by atoms with Crippen LogP contribution in [-0.2, 0) is 4.79 Å². The number of nitrogens with one attached hydrogen (secondary N) is 1. The van der Waals surface area contributed by atoms with E-state index in [1.807, 2.05) is 13.8 Å². The van der Waals surface area contributed by atoms with E-state index in [2.05, 4.69) is 10.3 Å². The van der Waals surface area contributed by atoms with Crippen molar-refractivity contribution >= 4 is 39.9 Å². The van der Waals surface area contributed by atoms with Crippen molar-refractivity contribution in [1.82, 2.24) is 19.9 Å². The third-order valence-electron chi connectivity index (χ3n) is 7.67. The number of ether oxygens (including phenoxy) is 1. The number of methoxy groups -OCH3 is 1. The van der Waals surface area contributed by atoms with E-state index in [0.29, 0.717) is 40.3 Å². The van der Waals surface area contributed by atoms with Gasteiger partial charge in [-0.05, 0) is 42.7 Å². The molecule has 1 N–H and O–H groups in total. The number of aryl methyl sites for hydroxylation is 1. The zero-order valence-electron chi connectivity index (χ0n) is 26.0. The Kier molecular flexibility index (Phi) is 5.84. The van der Waals surface area contributed by atoms with Crippen molar-refractivity contribution in [2.45, 2.75) is 32.7 Å². The number of likely N-dealkylation sites (N-methyl/N-ethyl adjacent to an activating group) is 1. The highest BCUT2D eigenvalue weighted by molar-refractivity contribution is 6.34. The molecule has 1 saturated heterocycles. The van der Waals surface area contributed by atoms with Gasteiger partial charge in [-0.2, -0.15) is 0 Å². The molecular weight excluding hydrogens is 547 g/mol. The molecule has 1 atom stereocenters. The number of piperazine rings is 1. The summed E-state index contributed by atoms with van der Waals surface area (Å²) in [6, 6.07) is 6.73. The lowest BCUT2D eigenvalue weighted by molar-refractivity contribution is -0.120. The Hall–Kier alpha value is -4.02. The SMILES string of the molecule is [2H]C([2H])([2H])N1C(=O)[C@H]2CNCCN2c2c1c(=O)n(-c1c(C)ccnc1C(C)C)c1nc(-c3c(F)cccc3OC)c(Cl)cc21. The molecule has 9 nitrogen and oxygen atoms in total. The molecular formula is C30H30ClFN6O3. The van der Waals surface area contributed by atoms with Crippen LogP contribution in [0.1, 0.15) is 35.1 Å². The van der Waals surface area contributed by atoms with Crippen LogP contribution in [0.25, 0.3) is 28.0 Å². The predicted octanol–water partition coefficient (Wildman–Crippen LogP) is 4.44. The maximum Gasteiger partial charge on any atom is 0.283 e. The Balaban J connectivity index is 1.85. The summed E-state index contributed by atoms with van der Waals surface area (Å²) in [5, 5.41) is 3.52. The molecule has 0 saturated carbocycles. The molecule has 1 amide bonds. The van der Waals surface area contributed by atoms with Gasteiger partial charge in [-0.25, -0.2) is 9.37 Å². The third-order valence-corrected chi connectivity index (χ3v) is 7.96. The normalized spacial score (nSPS) is 18.2. The van der Waals surface area contributed by atoms with Crippen molar-refractivity contribution in [2.24, 2.45) is 0 Å². The summed E-state index contributed by atoms with van der Waals surface area (Å²) in [7, 11) is 1.40. The number of hydrogen-bond acceptors (Lipinski definition) is 7. The third kappa shape index (κ3) is 4.07. The van der Waals surface area contributed by atoms with E-state index in [4.69, 9.17) is 25.4 Å². The monoisotopic (exact) mass is 579 g/mol. The number of benzene rings is 1. The van der Waals surface area contributed by atoms with Crippen LogP contribution in [0.2, 0.25) is 5.02 Å². The van der Waals surface area contributed by atoms with E-state index >= 15 is 4.39 Å². The molecule has 1 fully saturated rings. The molecule has 0 spiro atoms. The second kappa shape index (κ2) is 10.1. The molecule has 1 aromatic carbocycles. The minimum atomic E-state index is -2.97. The number of carbonyl (C=O) groups excluding carboxylic acids is 1. The van der Waals surface area contributed by atoms with Gasteiger partial charge in [0.25, 0.3) is 11.5 Å². The number of nitrogens with zero attached hydrogens (tertiary/aromatic N) is 5. The fraction of sp³-hybridized carbons (Fsp3) is 0.333. The number of pyridine rings is 3. The van der Waals surface area contributed by atoms with Crippen molar-refractivity contribution < 1.29 is 18.0 Å². The van der Waals surface area contributed by atoms with Crippen LogP contribution in [0.4, 0.5) is 15.8 Å². The first-order chi connectivity index (χ1) is 20.9. The Morgan fingerprint density at radius 3 is 2.76 bits per heavy atom. The zero-order chi connectivity index (χ0) is 31.7. The molecule has 2 aliphatic rings. The first kappa shape index (κ1) is 23.7. The number of rotatable bonds is 4. The van der Waals surface area contributed by atoms with Crippen molar-refractivity contribution in [3.63, 3.8) is 0 Å². The van der Waals surface area contributed by atoms with Crippen LogP contribution < -0.4 is 25.4 Å². The number of aromatic nitrogens is 3. The highest BCUT2D eigenvalue weighted by Crippen LogP contribution is 2.44. The second-order valence-electron chi connectivity index (χ2n) is 10.4. The Bertz CT molecular complexity index is 1900. The summed E-state index contributed by atoms with van der Waals surface area (Å²) < 4.78 is 47.1. The van der Waals surface area contributed by atoms with Gasteiger partial charge in [0.1, 0.15) is 23.3 Å². The van der Waals surface area contributed by atoms with E-state index in [0.717, 1.165) is 0 Å². The molecule has 0 unspecified atom stereocenters. The van der Waals surface area contributed by atoms with Gasteiger partial charge in [-0.1, -0.05) is 31.5 Å². The number of halogens is 2. The predicted molar refractivity (Wildman–Crippen MR) is 158 cm³/mol. The molecule has 2 aliphatic heterocycles. The molecule has 0 aliphatic carbocycles. The second-order valence-corrected chi connectivity index (χ2v) is 10.9. The van der Waals surface area contributed by atoms with Gasteiger partial charge >= 0.3 is 0 Å². The fourth-order valence-electron chi connectivity index (χ4n) is 5.77. The maximum absolute atomic E-state index is 15.4. The smallest absolute Gasteiger partial charge is 0.283 e. The molecule has 41 heavy (non-hydrogen) atoms. The quantitative estimate of drug-likeness (QED) is 0.382. The number of fused-ring (bicyclic) bond motifs is 5. The Morgan fingerprint density at radius 2 is 2.02 bits per heavy atom. The largest absolute Gasteiger partial charge is 0.496 e. The minimum absolute atomic E-state index is 0.00459. The van der Waals surface area contributed by atoms with Crippen LogP contribution in [0.15, 0.2) is 41.3 Å². The number of amides is 1. The Morgan fingerprint density at radius 1 is 1.22 bits per heavy atom. The van der Waals surface area contributed by atoms with Gasteiger partial charge in [0.2, 0.25) is 0 Å². The number of hydrogen-bond donors (Lipinski definition) is 1. The van der Waals surface area contributed by atoms with Gasteiger partial charge in [0.15, 0.2) is 5.65 Å². The average Bonchev–Trinajstić information content (AvgIpc) is 2.97. The lowest BCUT2D eigenvalue weighted by Crippen LogP contribution is -2.62. The summed E-state index contributed by atoms with van der Waals surface area (Å²) >= 11 is 6.86. The summed E-state index contributed by atoms with van der Waals surface area (Å²) in [5.41, 5.74) is 0.916. The lowest BCUT2D eigenvalue weighted by atomic mass is 10.0. The molecule has 5 heterocycles. The van der Waals surface area contributed by atoms with E-state index in [1.54, 1.807) is 36.2 Å². The minimum Gasteiger partial charge on any atom is -0.496 e. The molecule has 212 valence electrons. The van der Waals surface area contributed by atoms with E-state index in [9.17, 15) is 9.59 Å². The standard InChI is InChI=1S/C30H30ClFN6O3/c1-15(2)23-25(16(3)9-10-34-23)38-28-17(13-18(31)24(35-28)22-19(32)7-6-8-21(22)41-5)26-27(30(38)40)36(4)29(39)20-14-33-11-12-37(20)26/h6-10,13,15,20,33H,11-12,14H2,1-5H3/t20-/m1/s1/i4D3. The number of carbonyl (C=O) groups is 1. The van der Waals surface area contributed by atoms with Crippen LogP contribution in [-0.4, -0.2) is 60.2 Å². The highest BCUT2D eigenvalue weighted by atomic mass is 35.5. The summed E-state index contributed by atoms with van der Waals surface area (Å²) in [5.74, 6) is -1.32. The summed E-state index contributed by atoms with van der Waals surface area (Å²) in [4.78, 5) is 40.4. The topological polar surface area (TPSA) is 92.6 Å². The van der Waals surface area contributed by atoms with Crippen molar-refractivity contribution in [1.29, 1.82) is 0 Å². The van der Waals surface area contributed by atoms with Crippen molar-refractivity contribution in [2.75, 3.05) is 43.5 Å².